The summed E-state index contributed by atoms with van der Waals surface area (Å²) in [6.07, 6.45) is 18.1. The summed E-state index contributed by atoms with van der Waals surface area (Å²) in [7, 11) is 0. The van der Waals surface area contributed by atoms with Crippen molar-refractivity contribution >= 4 is 80.4 Å². The van der Waals surface area contributed by atoms with Crippen LogP contribution in [0.1, 0.15) is 84.5 Å². The van der Waals surface area contributed by atoms with Crippen molar-refractivity contribution in [2.75, 3.05) is 5.32 Å². The van der Waals surface area contributed by atoms with Gasteiger partial charge in [0.1, 0.15) is 0 Å². The Labute approximate surface area is 278 Å². The fraction of sp³-hybridized carbons (Fsp3) is 0.178. The van der Waals surface area contributed by atoms with E-state index in [0.29, 0.717) is 6.42 Å². The summed E-state index contributed by atoms with van der Waals surface area (Å²) in [5.74, 6) is 0.105. The monoisotopic (exact) mass is 611 g/mol. The van der Waals surface area contributed by atoms with E-state index in [9.17, 15) is 4.79 Å². The zero-order valence-electron chi connectivity index (χ0n) is 27.6. The number of amides is 1. The van der Waals surface area contributed by atoms with Crippen LogP contribution in [0.4, 0.5) is 5.69 Å². The number of unbranched alkanes of at least 4 members (excludes halogenated alkanes) is 1. The summed E-state index contributed by atoms with van der Waals surface area (Å²) in [5, 5.41) is 11.2. The van der Waals surface area contributed by atoms with Gasteiger partial charge in [-0.2, -0.15) is 0 Å². The molecule has 0 saturated carbocycles. The van der Waals surface area contributed by atoms with Crippen molar-refractivity contribution in [1.29, 1.82) is 0 Å². The second-order valence-electron chi connectivity index (χ2n) is 12.3. The summed E-state index contributed by atoms with van der Waals surface area (Å²) < 4.78 is 0. The Morgan fingerprint density at radius 2 is 1.04 bits per heavy atom. The third-order valence-electron chi connectivity index (χ3n) is 9.49. The fourth-order valence-corrected chi connectivity index (χ4v) is 7.28. The Morgan fingerprint density at radius 3 is 1.62 bits per heavy atom. The summed E-state index contributed by atoms with van der Waals surface area (Å²) in [4.78, 5) is 11.9. The molecule has 1 N–H and O–H groups in total. The molecular weight excluding hydrogens is 571 g/mol. The predicted molar refractivity (Wildman–Crippen MR) is 206 cm³/mol. The lowest BCUT2D eigenvalue weighted by Crippen LogP contribution is -2.11. The van der Waals surface area contributed by atoms with Gasteiger partial charge < -0.3 is 5.32 Å². The van der Waals surface area contributed by atoms with Crippen molar-refractivity contribution in [3.63, 3.8) is 0 Å². The number of carbonyl (C=O) groups excluding carboxylic acids is 1. The van der Waals surface area contributed by atoms with Gasteiger partial charge in [0.25, 0.3) is 0 Å². The standard InChI is InChI=1S/C17H17NO.C14H10.C12H8.C2H6/c1-2-3-7-16(19)18-15-11-10-13-9-8-12-5-4-6-14(15)17(12)13;1-2-10-7-8-12-4-3-11-6-5-9(1)13(10)14(11)12;1-3-9-4-2-6-11-8-7-10(5-1)12(9)11;1-2/h4-6,8-11H,2-3,7H2,1H3,(H,18,19);1-2,5-8H,3-4H2;1-8H;1-2H3. The van der Waals surface area contributed by atoms with E-state index in [-0.39, 0.29) is 5.91 Å². The molecule has 4 aliphatic rings. The normalized spacial score (nSPS) is 12.9. The number of anilines is 1. The van der Waals surface area contributed by atoms with Gasteiger partial charge >= 0.3 is 0 Å². The van der Waals surface area contributed by atoms with Crippen LogP contribution < -0.4 is 5.32 Å². The molecule has 0 fully saturated rings. The van der Waals surface area contributed by atoms with E-state index in [1.807, 2.05) is 26.0 Å². The second-order valence-corrected chi connectivity index (χ2v) is 12.3. The molecule has 0 heterocycles. The van der Waals surface area contributed by atoms with E-state index in [4.69, 9.17) is 0 Å². The quantitative estimate of drug-likeness (QED) is 0.211. The smallest absolute Gasteiger partial charge is 0.224 e. The first kappa shape index (κ1) is 30.4. The summed E-state index contributed by atoms with van der Waals surface area (Å²) in [6.45, 7) is 6.10. The molecule has 10 rings (SSSR count). The van der Waals surface area contributed by atoms with Gasteiger partial charge in [-0.1, -0.05) is 149 Å². The number of benzene rings is 6. The Bertz CT molecular complexity index is 2150. The first-order valence-electron chi connectivity index (χ1n) is 17.2. The molecule has 0 atom stereocenters. The molecule has 2 nitrogen and oxygen atoms in total. The summed E-state index contributed by atoms with van der Waals surface area (Å²) >= 11 is 0. The molecule has 1 amide bonds. The molecule has 6 aromatic rings. The Hall–Kier alpha value is -5.21. The molecule has 0 unspecified atom stereocenters. The molecule has 47 heavy (non-hydrogen) atoms. The maximum atomic E-state index is 11.9. The molecule has 0 saturated heterocycles. The first-order chi connectivity index (χ1) is 23.2. The zero-order valence-corrected chi connectivity index (χ0v) is 27.6. The minimum atomic E-state index is 0.105. The number of hydrogen-bond donors (Lipinski definition) is 1. The molecule has 4 aliphatic carbocycles. The molecule has 0 spiro atoms. The molecular formula is C45H41NO. The van der Waals surface area contributed by atoms with Crippen molar-refractivity contribution < 1.29 is 4.79 Å². The van der Waals surface area contributed by atoms with E-state index < -0.39 is 0 Å². The average molecular weight is 612 g/mol. The van der Waals surface area contributed by atoms with Crippen LogP contribution in [-0.2, 0) is 17.6 Å². The first-order valence-corrected chi connectivity index (χ1v) is 17.2. The van der Waals surface area contributed by atoms with Gasteiger partial charge in [-0.05, 0) is 96.8 Å². The van der Waals surface area contributed by atoms with Gasteiger partial charge in [0, 0.05) is 17.5 Å². The van der Waals surface area contributed by atoms with Crippen molar-refractivity contribution in [2.45, 2.75) is 52.9 Å². The second kappa shape index (κ2) is 13.3. The molecule has 0 aromatic heterocycles. The van der Waals surface area contributed by atoms with Crippen LogP contribution in [0, 0.1) is 0 Å². The predicted octanol–water partition coefficient (Wildman–Crippen LogP) is 12.2. The van der Waals surface area contributed by atoms with E-state index in [0.717, 1.165) is 23.9 Å². The van der Waals surface area contributed by atoms with Gasteiger partial charge in [-0.25, -0.2) is 0 Å². The highest BCUT2D eigenvalue weighted by atomic mass is 16.1. The summed E-state index contributed by atoms with van der Waals surface area (Å²) in [5.41, 5.74) is 12.0. The van der Waals surface area contributed by atoms with Gasteiger partial charge in [0.15, 0.2) is 0 Å². The number of aryl methyl sites for hydroxylation is 2. The van der Waals surface area contributed by atoms with Gasteiger partial charge in [0.2, 0.25) is 5.91 Å². The number of carbonyl (C=O) groups is 1. The van der Waals surface area contributed by atoms with Crippen LogP contribution in [0.15, 0.2) is 91.0 Å². The lowest BCUT2D eigenvalue weighted by atomic mass is 10.00. The SMILES string of the molecule is C1=Cc2ccc3c4c(ccc1c24)CC3.C1=Cc2cccc3cccc1c23.CC.CCCCC(=O)Nc1ccc2c3c(cccc13)C=C2. The van der Waals surface area contributed by atoms with Gasteiger partial charge in [-0.15, -0.1) is 0 Å². The zero-order chi connectivity index (χ0) is 32.3. The van der Waals surface area contributed by atoms with Crippen molar-refractivity contribution in [1.82, 2.24) is 0 Å². The number of rotatable bonds is 4. The van der Waals surface area contributed by atoms with Crippen molar-refractivity contribution in [3.05, 3.63) is 136 Å². The number of hydrogen-bond acceptors (Lipinski definition) is 1. The molecule has 232 valence electrons. The van der Waals surface area contributed by atoms with Gasteiger partial charge in [0.05, 0.1) is 0 Å². The third-order valence-corrected chi connectivity index (χ3v) is 9.49. The maximum absolute atomic E-state index is 11.9. The molecule has 0 bridgehead atoms. The van der Waals surface area contributed by atoms with Gasteiger partial charge in [-0.3, -0.25) is 4.79 Å². The van der Waals surface area contributed by atoms with E-state index in [1.54, 1.807) is 16.5 Å². The van der Waals surface area contributed by atoms with Crippen molar-refractivity contribution in [2.24, 2.45) is 0 Å². The van der Waals surface area contributed by atoms with Crippen LogP contribution in [0.2, 0.25) is 0 Å². The molecule has 0 radical (unpaired) electrons. The maximum Gasteiger partial charge on any atom is 0.224 e. The fourth-order valence-electron chi connectivity index (χ4n) is 7.28. The van der Waals surface area contributed by atoms with Crippen LogP contribution in [0.3, 0.4) is 0 Å². The van der Waals surface area contributed by atoms with Crippen LogP contribution >= 0.6 is 0 Å². The highest BCUT2D eigenvalue weighted by Crippen LogP contribution is 2.39. The van der Waals surface area contributed by atoms with Crippen molar-refractivity contribution in [3.8, 4) is 0 Å². The summed E-state index contributed by atoms with van der Waals surface area (Å²) in [6, 6.07) is 32.3. The minimum absolute atomic E-state index is 0.105. The number of nitrogens with one attached hydrogen (secondary N) is 1. The van der Waals surface area contributed by atoms with Crippen LogP contribution in [0.5, 0.6) is 0 Å². The van der Waals surface area contributed by atoms with Crippen LogP contribution in [-0.4, -0.2) is 5.91 Å². The average Bonchev–Trinajstić information content (AvgIpc) is 3.93. The topological polar surface area (TPSA) is 29.1 Å². The lowest BCUT2D eigenvalue weighted by Gasteiger charge is -2.10. The Morgan fingerprint density at radius 1 is 0.553 bits per heavy atom. The Kier molecular flexibility index (Phi) is 8.59. The van der Waals surface area contributed by atoms with E-state index in [2.05, 4.69) is 128 Å². The molecule has 2 heteroatoms. The lowest BCUT2D eigenvalue weighted by molar-refractivity contribution is -0.116. The largest absolute Gasteiger partial charge is 0.326 e. The van der Waals surface area contributed by atoms with Crippen LogP contribution in [0.25, 0.3) is 68.8 Å². The molecule has 0 aliphatic heterocycles. The molecule has 6 aromatic carbocycles. The highest BCUT2D eigenvalue weighted by molar-refractivity contribution is 6.12. The highest BCUT2D eigenvalue weighted by Gasteiger charge is 2.19. The minimum Gasteiger partial charge on any atom is -0.326 e. The van der Waals surface area contributed by atoms with E-state index in [1.165, 1.54) is 67.8 Å². The Balaban J connectivity index is 0.000000112. The third kappa shape index (κ3) is 5.70. The van der Waals surface area contributed by atoms with E-state index >= 15 is 0 Å².